The molecule has 4 heteroatoms. The Morgan fingerprint density at radius 3 is 2.76 bits per heavy atom. The summed E-state index contributed by atoms with van der Waals surface area (Å²) in [4.78, 5) is 4.54. The molecule has 0 amide bonds. The average molecular weight is 273 g/mol. The van der Waals surface area contributed by atoms with Gasteiger partial charge in [0, 0.05) is 23.2 Å². The summed E-state index contributed by atoms with van der Waals surface area (Å²) in [6.45, 7) is 3.12. The van der Waals surface area contributed by atoms with E-state index in [2.05, 4.69) is 22.6 Å². The molecule has 1 aliphatic rings. The van der Waals surface area contributed by atoms with Crippen molar-refractivity contribution in [3.8, 4) is 0 Å². The largest absolute Gasteiger partial charge is 0.361 e. The zero-order valence-corrected chi connectivity index (χ0v) is 12.0. The first-order valence-corrected chi connectivity index (χ1v) is 7.94. The highest BCUT2D eigenvalue weighted by atomic mass is 35.5. The molecule has 0 saturated heterocycles. The van der Waals surface area contributed by atoms with Gasteiger partial charge in [-0.3, -0.25) is 0 Å². The molecule has 2 rings (SSSR count). The number of hydrogen-bond acceptors (Lipinski definition) is 3. The molecule has 96 valence electrons. The van der Waals surface area contributed by atoms with Gasteiger partial charge in [0.05, 0.1) is 5.69 Å². The maximum Gasteiger partial charge on any atom is 0.182 e. The predicted molar refractivity (Wildman–Crippen MR) is 76.2 cm³/mol. The van der Waals surface area contributed by atoms with Crippen LogP contribution in [0.5, 0.6) is 0 Å². The molecule has 1 fully saturated rings. The third kappa shape index (κ3) is 3.35. The van der Waals surface area contributed by atoms with Crippen LogP contribution in [0.15, 0.2) is 5.38 Å². The van der Waals surface area contributed by atoms with Gasteiger partial charge in [0.2, 0.25) is 0 Å². The Hall–Kier alpha value is -0.280. The van der Waals surface area contributed by atoms with Crippen LogP contribution in [-0.2, 0) is 6.42 Å². The third-order valence-electron chi connectivity index (χ3n) is 3.73. The van der Waals surface area contributed by atoms with Crippen LogP contribution in [0, 0.1) is 5.41 Å². The topological polar surface area (TPSA) is 24.9 Å². The molecule has 1 aliphatic carbocycles. The lowest BCUT2D eigenvalue weighted by Gasteiger charge is -2.35. The number of alkyl halides is 1. The minimum Gasteiger partial charge on any atom is -0.361 e. The maximum absolute atomic E-state index is 6.18. The van der Waals surface area contributed by atoms with Gasteiger partial charge in [0.15, 0.2) is 5.13 Å². The van der Waals surface area contributed by atoms with Crippen LogP contribution >= 0.6 is 22.9 Å². The Labute approximate surface area is 113 Å². The van der Waals surface area contributed by atoms with Crippen molar-refractivity contribution < 1.29 is 0 Å². The van der Waals surface area contributed by atoms with E-state index in [1.807, 2.05) is 0 Å². The molecule has 2 nitrogen and oxygen atoms in total. The normalized spacial score (nSPS) is 19.2. The van der Waals surface area contributed by atoms with Crippen molar-refractivity contribution in [2.45, 2.75) is 45.4 Å². The molecule has 0 aliphatic heterocycles. The zero-order chi connectivity index (χ0) is 12.1. The second-order valence-electron chi connectivity index (χ2n) is 5.05. The number of nitrogens with one attached hydrogen (secondary N) is 1. The lowest BCUT2D eigenvalue weighted by Crippen LogP contribution is -2.33. The SMILES string of the molecule is CCc1csc(NCC2(CCl)CCCCC2)n1. The number of hydrogen-bond donors (Lipinski definition) is 1. The minimum absolute atomic E-state index is 0.303. The number of halogens is 1. The molecule has 1 aromatic heterocycles. The second-order valence-corrected chi connectivity index (χ2v) is 6.17. The molecule has 1 N–H and O–H groups in total. The Morgan fingerprint density at radius 2 is 2.18 bits per heavy atom. The van der Waals surface area contributed by atoms with Crippen molar-refractivity contribution in [3.63, 3.8) is 0 Å². The monoisotopic (exact) mass is 272 g/mol. The van der Waals surface area contributed by atoms with Gasteiger partial charge in [-0.2, -0.15) is 0 Å². The molecule has 0 bridgehead atoms. The number of aromatic nitrogens is 1. The molecule has 0 aromatic carbocycles. The van der Waals surface area contributed by atoms with Gasteiger partial charge in [0.1, 0.15) is 0 Å². The Bertz CT molecular complexity index is 345. The van der Waals surface area contributed by atoms with Crippen LogP contribution in [-0.4, -0.2) is 17.4 Å². The van der Waals surface area contributed by atoms with Crippen LogP contribution < -0.4 is 5.32 Å². The van der Waals surface area contributed by atoms with Crippen LogP contribution in [0.2, 0.25) is 0 Å². The van der Waals surface area contributed by atoms with Crippen molar-refractivity contribution in [1.82, 2.24) is 4.98 Å². The Kier molecular flexibility index (Phi) is 4.69. The van der Waals surface area contributed by atoms with E-state index in [-0.39, 0.29) is 0 Å². The summed E-state index contributed by atoms with van der Waals surface area (Å²) >= 11 is 7.89. The number of rotatable bonds is 5. The lowest BCUT2D eigenvalue weighted by molar-refractivity contribution is 0.238. The third-order valence-corrected chi connectivity index (χ3v) is 5.14. The van der Waals surface area contributed by atoms with Gasteiger partial charge >= 0.3 is 0 Å². The van der Waals surface area contributed by atoms with E-state index in [1.54, 1.807) is 11.3 Å². The molecule has 1 saturated carbocycles. The first-order chi connectivity index (χ1) is 8.28. The maximum atomic E-state index is 6.18. The Morgan fingerprint density at radius 1 is 1.41 bits per heavy atom. The van der Waals surface area contributed by atoms with Gasteiger partial charge in [0.25, 0.3) is 0 Å². The van der Waals surface area contributed by atoms with Crippen molar-refractivity contribution >= 4 is 28.1 Å². The van der Waals surface area contributed by atoms with Gasteiger partial charge in [-0.25, -0.2) is 4.98 Å². The summed E-state index contributed by atoms with van der Waals surface area (Å²) in [5.74, 6) is 0.770. The first-order valence-electron chi connectivity index (χ1n) is 6.52. The summed E-state index contributed by atoms with van der Waals surface area (Å²) in [5, 5.41) is 6.67. The van der Waals surface area contributed by atoms with Crippen molar-refractivity contribution in [3.05, 3.63) is 11.1 Å². The Balaban J connectivity index is 1.90. The molecule has 1 heterocycles. The highest BCUT2D eigenvalue weighted by Crippen LogP contribution is 2.37. The summed E-state index contributed by atoms with van der Waals surface area (Å²) in [6.07, 6.45) is 7.55. The standard InChI is InChI=1S/C13H21ClN2S/c1-2-11-8-17-12(16-11)15-10-13(9-14)6-4-3-5-7-13/h8H,2-7,9-10H2,1H3,(H,15,16). The fraction of sp³-hybridized carbons (Fsp3) is 0.769. The van der Waals surface area contributed by atoms with Crippen LogP contribution in [0.4, 0.5) is 5.13 Å². The van der Waals surface area contributed by atoms with Crippen LogP contribution in [0.1, 0.15) is 44.7 Å². The molecule has 0 atom stereocenters. The van der Waals surface area contributed by atoms with Gasteiger partial charge in [-0.05, 0) is 19.3 Å². The van der Waals surface area contributed by atoms with Crippen LogP contribution in [0.3, 0.4) is 0 Å². The summed E-state index contributed by atoms with van der Waals surface area (Å²) in [5.41, 5.74) is 1.48. The fourth-order valence-electron chi connectivity index (χ4n) is 2.47. The minimum atomic E-state index is 0.303. The highest BCUT2D eigenvalue weighted by Gasteiger charge is 2.31. The zero-order valence-electron chi connectivity index (χ0n) is 10.5. The van der Waals surface area contributed by atoms with Crippen molar-refractivity contribution in [2.75, 3.05) is 17.7 Å². The molecule has 1 aromatic rings. The number of aryl methyl sites for hydroxylation is 1. The molecule has 0 spiro atoms. The molecular formula is C13H21ClN2S. The van der Waals surface area contributed by atoms with E-state index in [0.29, 0.717) is 5.41 Å². The predicted octanol–water partition coefficient (Wildman–Crippen LogP) is 4.31. The highest BCUT2D eigenvalue weighted by molar-refractivity contribution is 7.13. The number of thiazole rings is 1. The second kappa shape index (κ2) is 6.05. The van der Waals surface area contributed by atoms with Gasteiger partial charge in [-0.15, -0.1) is 22.9 Å². The smallest absolute Gasteiger partial charge is 0.182 e. The van der Waals surface area contributed by atoms with E-state index >= 15 is 0 Å². The summed E-state index contributed by atoms with van der Waals surface area (Å²) in [6, 6.07) is 0. The van der Waals surface area contributed by atoms with Crippen LogP contribution in [0.25, 0.3) is 0 Å². The molecule has 17 heavy (non-hydrogen) atoms. The quantitative estimate of drug-likeness (QED) is 0.808. The van der Waals surface area contributed by atoms with E-state index < -0.39 is 0 Å². The lowest BCUT2D eigenvalue weighted by atomic mass is 9.75. The van der Waals surface area contributed by atoms with E-state index in [0.717, 1.165) is 24.0 Å². The fourth-order valence-corrected chi connectivity index (χ4v) is 3.63. The first kappa shape index (κ1) is 13.2. The summed E-state index contributed by atoms with van der Waals surface area (Å²) < 4.78 is 0. The van der Waals surface area contributed by atoms with E-state index in [9.17, 15) is 0 Å². The molecule has 0 radical (unpaired) electrons. The number of anilines is 1. The molecular weight excluding hydrogens is 252 g/mol. The van der Waals surface area contributed by atoms with Crippen molar-refractivity contribution in [2.24, 2.45) is 5.41 Å². The van der Waals surface area contributed by atoms with Gasteiger partial charge < -0.3 is 5.32 Å². The van der Waals surface area contributed by atoms with E-state index in [4.69, 9.17) is 11.6 Å². The summed E-state index contributed by atoms with van der Waals surface area (Å²) in [7, 11) is 0. The molecule has 0 unspecified atom stereocenters. The van der Waals surface area contributed by atoms with E-state index in [1.165, 1.54) is 37.8 Å². The average Bonchev–Trinajstić information content (AvgIpc) is 2.85. The number of nitrogens with zero attached hydrogens (tertiary/aromatic N) is 1. The van der Waals surface area contributed by atoms with Gasteiger partial charge in [-0.1, -0.05) is 26.2 Å². The van der Waals surface area contributed by atoms with Crippen molar-refractivity contribution in [1.29, 1.82) is 0 Å².